The van der Waals surface area contributed by atoms with Gasteiger partial charge in [0.1, 0.15) is 4.90 Å². The number of benzene rings is 1. The van der Waals surface area contributed by atoms with Crippen molar-refractivity contribution in [3.63, 3.8) is 0 Å². The Morgan fingerprint density at radius 2 is 1.81 bits per heavy atom. The first-order valence-corrected chi connectivity index (χ1v) is 8.42. The second-order valence-corrected chi connectivity index (χ2v) is 8.32. The number of alkyl halides is 1. The Bertz CT molecular complexity index is 627. The van der Waals surface area contributed by atoms with Crippen molar-refractivity contribution in [3.8, 4) is 0 Å². The van der Waals surface area contributed by atoms with Crippen LogP contribution in [-0.2, 0) is 15.9 Å². The van der Waals surface area contributed by atoms with Crippen molar-refractivity contribution in [2.24, 2.45) is 5.41 Å². The molecule has 0 aliphatic heterocycles. The molecular weight excluding hydrogens is 320 g/mol. The molecule has 7 heteroatoms. The second-order valence-electron chi connectivity index (χ2n) is 6.09. The molecule has 1 rings (SSSR count). The van der Waals surface area contributed by atoms with Crippen LogP contribution in [0, 0.1) is 17.0 Å². The Labute approximate surface area is 130 Å². The average molecular weight is 340 g/mol. The van der Waals surface area contributed by atoms with Gasteiger partial charge in [-0.05, 0) is 30.0 Å². The van der Waals surface area contributed by atoms with E-state index in [-0.39, 0.29) is 16.9 Å². The lowest BCUT2D eigenvalue weighted by Crippen LogP contribution is -2.43. The van der Waals surface area contributed by atoms with Gasteiger partial charge in [0.2, 0.25) is 10.0 Å². The number of hydrogen-bond donors (Lipinski definition) is 0. The summed E-state index contributed by atoms with van der Waals surface area (Å²) in [6, 6.07) is 1.57. The maximum Gasteiger partial charge on any atom is 0.246 e. The number of hydrogen-bond acceptors (Lipinski definition) is 2. The smallest absolute Gasteiger partial charge is 0.207 e. The Hall–Kier alpha value is -0.720. The van der Waals surface area contributed by atoms with Gasteiger partial charge >= 0.3 is 0 Å². The van der Waals surface area contributed by atoms with Crippen LogP contribution in [0.5, 0.6) is 0 Å². The summed E-state index contributed by atoms with van der Waals surface area (Å²) in [6.07, 6.45) is 0. The second kappa shape index (κ2) is 6.18. The van der Waals surface area contributed by atoms with Crippen molar-refractivity contribution in [1.29, 1.82) is 0 Å². The van der Waals surface area contributed by atoms with E-state index in [2.05, 4.69) is 0 Å². The maximum absolute atomic E-state index is 13.9. The minimum atomic E-state index is -4.15. The summed E-state index contributed by atoms with van der Waals surface area (Å²) < 4.78 is 53.6. The van der Waals surface area contributed by atoms with Crippen molar-refractivity contribution in [1.82, 2.24) is 4.31 Å². The van der Waals surface area contributed by atoms with Crippen LogP contribution in [0.1, 0.15) is 33.3 Å². The standard InChI is InChI=1S/C14H20ClF2NO2S/c1-9(14(2,3)4)18(5)21(19,20)12-7-10(8-15)6-11(16)13(12)17/h6-7,9H,8H2,1-5H3. The zero-order valence-electron chi connectivity index (χ0n) is 12.7. The highest BCUT2D eigenvalue weighted by molar-refractivity contribution is 7.89. The Morgan fingerprint density at radius 3 is 2.24 bits per heavy atom. The van der Waals surface area contributed by atoms with Gasteiger partial charge in [-0.2, -0.15) is 4.31 Å². The predicted molar refractivity (Wildman–Crippen MR) is 79.8 cm³/mol. The van der Waals surface area contributed by atoms with Crippen LogP contribution < -0.4 is 0 Å². The molecule has 21 heavy (non-hydrogen) atoms. The largest absolute Gasteiger partial charge is 0.246 e. The first-order valence-electron chi connectivity index (χ1n) is 6.44. The maximum atomic E-state index is 13.9. The zero-order chi connectivity index (χ0) is 16.6. The Kier molecular flexibility index (Phi) is 5.40. The minimum absolute atomic E-state index is 0.0989. The number of nitrogens with zero attached hydrogens (tertiary/aromatic N) is 1. The molecule has 1 aromatic carbocycles. The summed E-state index contributed by atoms with van der Waals surface area (Å²) in [7, 11) is -2.79. The van der Waals surface area contributed by atoms with Crippen LogP contribution in [0.25, 0.3) is 0 Å². The first kappa shape index (κ1) is 18.3. The molecule has 1 atom stereocenters. The third-order valence-electron chi connectivity index (χ3n) is 3.66. The fourth-order valence-corrected chi connectivity index (χ4v) is 3.61. The summed E-state index contributed by atoms with van der Waals surface area (Å²) in [5, 5.41) is 0. The van der Waals surface area contributed by atoms with Gasteiger partial charge in [-0.25, -0.2) is 17.2 Å². The van der Waals surface area contributed by atoms with E-state index in [1.807, 2.05) is 20.8 Å². The van der Waals surface area contributed by atoms with Crippen LogP contribution in [0.2, 0.25) is 0 Å². The summed E-state index contributed by atoms with van der Waals surface area (Å²) in [5.74, 6) is -2.70. The Morgan fingerprint density at radius 1 is 1.29 bits per heavy atom. The van der Waals surface area contributed by atoms with E-state index in [0.717, 1.165) is 16.4 Å². The van der Waals surface area contributed by atoms with E-state index in [4.69, 9.17) is 11.6 Å². The normalized spacial score (nSPS) is 14.5. The SMILES string of the molecule is CC(N(C)S(=O)(=O)c1cc(CCl)cc(F)c1F)C(C)(C)C. The summed E-state index contributed by atoms with van der Waals surface area (Å²) in [4.78, 5) is -0.684. The molecule has 0 aromatic heterocycles. The van der Waals surface area contributed by atoms with Gasteiger partial charge < -0.3 is 0 Å². The molecule has 0 saturated carbocycles. The summed E-state index contributed by atoms with van der Waals surface area (Å²) >= 11 is 5.59. The summed E-state index contributed by atoms with van der Waals surface area (Å²) in [5.41, 5.74) is -0.132. The highest BCUT2D eigenvalue weighted by atomic mass is 35.5. The van der Waals surface area contributed by atoms with Gasteiger partial charge in [-0.15, -0.1) is 11.6 Å². The van der Waals surface area contributed by atoms with Crippen LogP contribution in [-0.4, -0.2) is 25.8 Å². The van der Waals surface area contributed by atoms with Crippen LogP contribution >= 0.6 is 11.6 Å². The molecule has 0 saturated heterocycles. The molecule has 3 nitrogen and oxygen atoms in total. The molecule has 0 spiro atoms. The molecular formula is C14H20ClF2NO2S. The molecule has 1 unspecified atom stereocenters. The fourth-order valence-electron chi connectivity index (χ4n) is 1.79. The fraction of sp³-hybridized carbons (Fsp3) is 0.571. The monoisotopic (exact) mass is 339 g/mol. The predicted octanol–water partition coefficient (Wildman–Crippen LogP) is 3.76. The molecule has 0 bridgehead atoms. The third kappa shape index (κ3) is 3.73. The van der Waals surface area contributed by atoms with Crippen molar-refractivity contribution >= 4 is 21.6 Å². The van der Waals surface area contributed by atoms with Crippen molar-refractivity contribution in [2.45, 2.75) is 44.5 Å². The molecule has 0 radical (unpaired) electrons. The van der Waals surface area contributed by atoms with E-state index in [9.17, 15) is 17.2 Å². The molecule has 120 valence electrons. The highest BCUT2D eigenvalue weighted by Crippen LogP contribution is 2.30. The van der Waals surface area contributed by atoms with Crippen LogP contribution in [0.4, 0.5) is 8.78 Å². The number of sulfonamides is 1. The topological polar surface area (TPSA) is 37.4 Å². The van der Waals surface area contributed by atoms with Gasteiger partial charge in [0.25, 0.3) is 0 Å². The van der Waals surface area contributed by atoms with Gasteiger partial charge in [0.05, 0.1) is 0 Å². The molecule has 0 aliphatic carbocycles. The highest BCUT2D eigenvalue weighted by Gasteiger charge is 2.34. The third-order valence-corrected chi connectivity index (χ3v) is 5.90. The van der Waals surface area contributed by atoms with Gasteiger partial charge in [-0.3, -0.25) is 0 Å². The van der Waals surface area contributed by atoms with E-state index in [1.165, 1.54) is 7.05 Å². The van der Waals surface area contributed by atoms with Crippen LogP contribution in [0.15, 0.2) is 17.0 Å². The van der Waals surface area contributed by atoms with Crippen molar-refractivity contribution in [3.05, 3.63) is 29.3 Å². The van der Waals surface area contributed by atoms with E-state index in [1.54, 1.807) is 6.92 Å². The van der Waals surface area contributed by atoms with Crippen molar-refractivity contribution < 1.29 is 17.2 Å². The molecule has 0 fully saturated rings. The summed E-state index contributed by atoms with van der Waals surface area (Å²) in [6.45, 7) is 7.33. The van der Waals surface area contributed by atoms with Crippen LogP contribution in [0.3, 0.4) is 0 Å². The van der Waals surface area contributed by atoms with E-state index >= 15 is 0 Å². The average Bonchev–Trinajstić information content (AvgIpc) is 2.38. The van der Waals surface area contributed by atoms with E-state index in [0.29, 0.717) is 0 Å². The Balaban J connectivity index is 3.41. The molecule has 0 heterocycles. The van der Waals surface area contributed by atoms with E-state index < -0.39 is 32.6 Å². The molecule has 0 N–H and O–H groups in total. The number of halogens is 3. The molecule has 1 aromatic rings. The lowest BCUT2D eigenvalue weighted by Gasteiger charge is -2.34. The molecule has 0 aliphatic rings. The van der Waals surface area contributed by atoms with Gasteiger partial charge in [0, 0.05) is 19.0 Å². The minimum Gasteiger partial charge on any atom is -0.207 e. The van der Waals surface area contributed by atoms with Crippen molar-refractivity contribution in [2.75, 3.05) is 7.05 Å². The quantitative estimate of drug-likeness (QED) is 0.783. The van der Waals surface area contributed by atoms with Gasteiger partial charge in [-0.1, -0.05) is 20.8 Å². The van der Waals surface area contributed by atoms with Gasteiger partial charge in [0.15, 0.2) is 11.6 Å². The number of rotatable bonds is 4. The molecule has 0 amide bonds. The lowest BCUT2D eigenvalue weighted by atomic mass is 9.88. The first-order chi connectivity index (χ1) is 9.42. The lowest BCUT2D eigenvalue weighted by molar-refractivity contribution is 0.216. The zero-order valence-corrected chi connectivity index (χ0v) is 14.3.